The lowest BCUT2D eigenvalue weighted by Crippen LogP contribution is -2.21. The van der Waals surface area contributed by atoms with Crippen LogP contribution in [0.25, 0.3) is 0 Å². The lowest BCUT2D eigenvalue weighted by atomic mass is 10.0. The second-order valence-electron chi connectivity index (χ2n) is 6.91. The van der Waals surface area contributed by atoms with Crippen LogP contribution in [0.15, 0.2) is 30.3 Å². The number of nitrogens with one attached hydrogen (secondary N) is 1. The third-order valence-electron chi connectivity index (χ3n) is 4.50. The van der Waals surface area contributed by atoms with E-state index < -0.39 is 0 Å². The average Bonchev–Trinajstić information content (AvgIpc) is 3.04. The van der Waals surface area contributed by atoms with Crippen molar-refractivity contribution in [2.75, 3.05) is 19.0 Å². The molecule has 0 saturated carbocycles. The molecular weight excluding hydrogens is 332 g/mol. The minimum atomic E-state index is 0.0264. The Bertz CT molecular complexity index is 737. The quantitative estimate of drug-likeness (QED) is 0.828. The van der Waals surface area contributed by atoms with Crippen LogP contribution in [0.5, 0.6) is 5.75 Å². The third-order valence-corrected chi connectivity index (χ3v) is 5.66. The van der Waals surface area contributed by atoms with Gasteiger partial charge in [0.05, 0.1) is 18.0 Å². The van der Waals surface area contributed by atoms with Crippen molar-refractivity contribution in [2.24, 2.45) is 5.92 Å². The summed E-state index contributed by atoms with van der Waals surface area (Å²) in [5, 5.41) is 4.02. The molecule has 2 heterocycles. The fourth-order valence-corrected chi connectivity index (χ4v) is 4.92. The Balaban J connectivity index is 1.62. The summed E-state index contributed by atoms with van der Waals surface area (Å²) in [7, 11) is 2.17. The number of nitrogens with zero attached hydrogens (tertiary/aromatic N) is 1. The average molecular weight is 359 g/mol. The van der Waals surface area contributed by atoms with Crippen molar-refractivity contribution in [3.05, 3.63) is 46.3 Å². The number of thiophene rings is 1. The molecule has 0 fully saturated rings. The molecule has 0 saturated heterocycles. The van der Waals surface area contributed by atoms with Crippen molar-refractivity contribution in [1.82, 2.24) is 4.90 Å². The van der Waals surface area contributed by atoms with Crippen LogP contribution in [0.3, 0.4) is 0 Å². The summed E-state index contributed by atoms with van der Waals surface area (Å²) in [6, 6.07) is 10.3. The van der Waals surface area contributed by atoms with Crippen LogP contribution in [-0.2, 0) is 17.8 Å². The van der Waals surface area contributed by atoms with Crippen LogP contribution in [-0.4, -0.2) is 24.5 Å². The lowest BCUT2D eigenvalue weighted by Gasteiger charge is -2.23. The number of fused-ring (bicyclic) bond motifs is 1. The Labute approximate surface area is 153 Å². The van der Waals surface area contributed by atoms with Crippen LogP contribution in [0.2, 0.25) is 0 Å². The highest BCUT2D eigenvalue weighted by Gasteiger charge is 2.32. The van der Waals surface area contributed by atoms with Gasteiger partial charge >= 0.3 is 0 Å². The summed E-state index contributed by atoms with van der Waals surface area (Å²) in [5.41, 5.74) is 2.34. The molecule has 0 bridgehead atoms. The van der Waals surface area contributed by atoms with E-state index in [2.05, 4.69) is 37.2 Å². The summed E-state index contributed by atoms with van der Waals surface area (Å²) in [6.45, 7) is 8.07. The van der Waals surface area contributed by atoms with Crippen molar-refractivity contribution in [1.29, 1.82) is 0 Å². The maximum Gasteiger partial charge on any atom is 0.229 e. The number of hydrogen-bond donors (Lipinski definition) is 1. The SMILES string of the molecule is CCOc1ccc(CC(=O)Nc2cc3c(s2)C(C(C)C)N(C)C3)cc1. The van der Waals surface area contributed by atoms with Crippen molar-refractivity contribution >= 4 is 22.2 Å². The number of ether oxygens (including phenoxy) is 1. The zero-order chi connectivity index (χ0) is 18.0. The van der Waals surface area contributed by atoms with Gasteiger partial charge in [-0.2, -0.15) is 0 Å². The second kappa shape index (κ2) is 7.58. The van der Waals surface area contributed by atoms with Gasteiger partial charge in [0.2, 0.25) is 5.91 Å². The molecular formula is C20H26N2O2S. The Hall–Kier alpha value is -1.85. The van der Waals surface area contributed by atoms with Crippen molar-refractivity contribution < 1.29 is 9.53 Å². The molecule has 1 amide bonds. The van der Waals surface area contributed by atoms with Gasteiger partial charge in [0, 0.05) is 17.5 Å². The van der Waals surface area contributed by atoms with E-state index in [1.54, 1.807) is 11.3 Å². The Kier molecular flexibility index (Phi) is 5.45. The highest BCUT2D eigenvalue weighted by molar-refractivity contribution is 7.16. The van der Waals surface area contributed by atoms with Crippen LogP contribution in [0.4, 0.5) is 5.00 Å². The largest absolute Gasteiger partial charge is 0.494 e. The molecule has 0 spiro atoms. The molecule has 5 heteroatoms. The molecule has 1 aliphatic rings. The van der Waals surface area contributed by atoms with E-state index in [1.807, 2.05) is 31.2 Å². The third kappa shape index (κ3) is 4.05. The first-order valence-corrected chi connectivity index (χ1v) is 9.64. The number of carbonyl (C=O) groups excluding carboxylic acids is 1. The fraction of sp³-hybridized carbons (Fsp3) is 0.450. The molecule has 25 heavy (non-hydrogen) atoms. The smallest absolute Gasteiger partial charge is 0.229 e. The monoisotopic (exact) mass is 358 g/mol. The summed E-state index contributed by atoms with van der Waals surface area (Å²) in [5.74, 6) is 1.43. The summed E-state index contributed by atoms with van der Waals surface area (Å²) in [4.78, 5) is 16.1. The number of hydrogen-bond acceptors (Lipinski definition) is 4. The molecule has 1 N–H and O–H groups in total. The Morgan fingerprint density at radius 2 is 2.08 bits per heavy atom. The van der Waals surface area contributed by atoms with Gasteiger partial charge in [0.15, 0.2) is 0 Å². The van der Waals surface area contributed by atoms with E-state index in [0.29, 0.717) is 25.0 Å². The van der Waals surface area contributed by atoms with Gasteiger partial charge in [0.25, 0.3) is 0 Å². The zero-order valence-corrected chi connectivity index (χ0v) is 16.2. The molecule has 1 atom stereocenters. The van der Waals surface area contributed by atoms with E-state index in [0.717, 1.165) is 22.9 Å². The zero-order valence-electron chi connectivity index (χ0n) is 15.3. The first-order valence-electron chi connectivity index (χ1n) is 8.82. The van der Waals surface area contributed by atoms with Crippen molar-refractivity contribution in [3.63, 3.8) is 0 Å². The van der Waals surface area contributed by atoms with Crippen LogP contribution >= 0.6 is 11.3 Å². The van der Waals surface area contributed by atoms with Gasteiger partial charge in [-0.3, -0.25) is 9.69 Å². The Morgan fingerprint density at radius 3 is 2.72 bits per heavy atom. The van der Waals surface area contributed by atoms with Crippen LogP contribution in [0.1, 0.15) is 42.8 Å². The molecule has 3 rings (SSSR count). The first kappa shape index (κ1) is 18.0. The Morgan fingerprint density at radius 1 is 1.36 bits per heavy atom. The van der Waals surface area contributed by atoms with Gasteiger partial charge in [-0.15, -0.1) is 11.3 Å². The summed E-state index contributed by atoms with van der Waals surface area (Å²) < 4.78 is 5.43. The van der Waals surface area contributed by atoms with E-state index in [9.17, 15) is 4.79 Å². The van der Waals surface area contributed by atoms with Crippen LogP contribution in [0, 0.1) is 5.92 Å². The summed E-state index contributed by atoms with van der Waals surface area (Å²) in [6.07, 6.45) is 0.377. The number of rotatable bonds is 6. The minimum Gasteiger partial charge on any atom is -0.494 e. The standard InChI is InChI=1S/C20H26N2O2S/c1-5-24-16-8-6-14(7-9-16)10-17(23)21-18-11-15-12-22(4)19(13(2)3)20(15)25-18/h6-9,11,13,19H,5,10,12H2,1-4H3,(H,21,23). The number of carbonyl (C=O) groups is 1. The van der Waals surface area contributed by atoms with E-state index in [4.69, 9.17) is 4.74 Å². The molecule has 1 aromatic heterocycles. The number of anilines is 1. The molecule has 4 nitrogen and oxygen atoms in total. The predicted molar refractivity (Wildman–Crippen MR) is 103 cm³/mol. The molecule has 1 aliphatic heterocycles. The molecule has 0 radical (unpaired) electrons. The normalized spacial score (nSPS) is 16.9. The van der Waals surface area contributed by atoms with Gasteiger partial charge < -0.3 is 10.1 Å². The van der Waals surface area contributed by atoms with E-state index in [1.165, 1.54) is 10.4 Å². The van der Waals surface area contributed by atoms with Gasteiger partial charge in [0.1, 0.15) is 5.75 Å². The summed E-state index contributed by atoms with van der Waals surface area (Å²) >= 11 is 1.72. The highest BCUT2D eigenvalue weighted by Crippen LogP contribution is 2.44. The lowest BCUT2D eigenvalue weighted by molar-refractivity contribution is -0.115. The molecule has 0 aliphatic carbocycles. The molecule has 1 unspecified atom stereocenters. The molecule has 2 aromatic rings. The van der Waals surface area contributed by atoms with Crippen molar-refractivity contribution in [3.8, 4) is 5.75 Å². The van der Waals surface area contributed by atoms with E-state index in [-0.39, 0.29) is 5.91 Å². The van der Waals surface area contributed by atoms with Gasteiger partial charge in [-0.1, -0.05) is 26.0 Å². The number of amides is 1. The second-order valence-corrected chi connectivity index (χ2v) is 7.99. The predicted octanol–water partition coefficient (Wildman–Crippen LogP) is 4.47. The van der Waals surface area contributed by atoms with Crippen molar-refractivity contribution in [2.45, 2.75) is 39.8 Å². The maximum atomic E-state index is 12.4. The minimum absolute atomic E-state index is 0.0264. The van der Waals surface area contributed by atoms with E-state index >= 15 is 0 Å². The van der Waals surface area contributed by atoms with Gasteiger partial charge in [-0.25, -0.2) is 0 Å². The first-order chi connectivity index (χ1) is 12.0. The topological polar surface area (TPSA) is 41.6 Å². The molecule has 1 aromatic carbocycles. The van der Waals surface area contributed by atoms with Crippen LogP contribution < -0.4 is 10.1 Å². The fourth-order valence-electron chi connectivity index (χ4n) is 3.49. The maximum absolute atomic E-state index is 12.4. The molecule has 134 valence electrons. The number of benzene rings is 1. The highest BCUT2D eigenvalue weighted by atomic mass is 32.1. The van der Waals surface area contributed by atoms with Gasteiger partial charge in [-0.05, 0) is 49.2 Å².